The van der Waals surface area contributed by atoms with E-state index in [9.17, 15) is 13.2 Å². The predicted molar refractivity (Wildman–Crippen MR) is 70.5 cm³/mol. The molecule has 0 radical (unpaired) electrons. The molecule has 0 aliphatic rings. The second-order valence-electron chi connectivity index (χ2n) is 4.87. The lowest BCUT2D eigenvalue weighted by molar-refractivity contribution is -0.124. The van der Waals surface area contributed by atoms with E-state index < -0.39 is 22.0 Å². The molecule has 0 bridgehead atoms. The summed E-state index contributed by atoms with van der Waals surface area (Å²) in [5.74, 6) is -0.209. The highest BCUT2D eigenvalue weighted by atomic mass is 32.2. The van der Waals surface area contributed by atoms with Crippen LogP contribution >= 0.6 is 0 Å². The van der Waals surface area contributed by atoms with Crippen LogP contribution in [-0.4, -0.2) is 44.4 Å². The molecule has 0 aromatic rings. The average molecular weight is 280 g/mol. The zero-order valence-electron chi connectivity index (χ0n) is 11.4. The highest BCUT2D eigenvalue weighted by Crippen LogP contribution is 2.06. The maximum absolute atomic E-state index is 11.9. The number of carbonyl (C=O) groups excluding carboxylic acids is 1. The van der Waals surface area contributed by atoms with Gasteiger partial charge in [-0.2, -0.15) is 0 Å². The van der Waals surface area contributed by atoms with Gasteiger partial charge in [0.15, 0.2) is 0 Å². The van der Waals surface area contributed by atoms with Crippen molar-refractivity contribution in [3.63, 3.8) is 0 Å². The van der Waals surface area contributed by atoms with Crippen LogP contribution in [0.1, 0.15) is 33.6 Å². The van der Waals surface area contributed by atoms with E-state index in [1.807, 2.05) is 20.8 Å². The first-order chi connectivity index (χ1) is 8.19. The van der Waals surface area contributed by atoms with Crippen molar-refractivity contribution in [3.8, 4) is 0 Å². The molecule has 0 heterocycles. The number of hydrogen-bond donors (Lipinski definition) is 3. The molecule has 0 spiro atoms. The fourth-order valence-corrected chi connectivity index (χ4v) is 2.24. The molecule has 0 aromatic carbocycles. The van der Waals surface area contributed by atoms with Gasteiger partial charge in [-0.25, -0.2) is 13.1 Å². The Kier molecular flexibility index (Phi) is 7.42. The van der Waals surface area contributed by atoms with Crippen LogP contribution < -0.4 is 10.0 Å². The van der Waals surface area contributed by atoms with Crippen LogP contribution in [0.4, 0.5) is 0 Å². The first kappa shape index (κ1) is 17.3. The fraction of sp³-hybridized carbons (Fsp3) is 0.909. The van der Waals surface area contributed by atoms with Crippen molar-refractivity contribution in [2.45, 2.75) is 45.7 Å². The summed E-state index contributed by atoms with van der Waals surface area (Å²) in [5, 5.41) is 11.6. The minimum absolute atomic E-state index is 0.157. The van der Waals surface area contributed by atoms with Gasteiger partial charge in [-0.1, -0.05) is 20.8 Å². The lowest BCUT2D eigenvalue weighted by Gasteiger charge is -2.22. The van der Waals surface area contributed by atoms with E-state index in [1.165, 1.54) is 0 Å². The van der Waals surface area contributed by atoms with E-state index in [1.54, 1.807) is 0 Å². The second kappa shape index (κ2) is 7.70. The first-order valence-corrected chi connectivity index (χ1v) is 7.97. The molecule has 18 heavy (non-hydrogen) atoms. The lowest BCUT2D eigenvalue weighted by atomic mass is 10.0. The zero-order valence-corrected chi connectivity index (χ0v) is 12.3. The van der Waals surface area contributed by atoms with Gasteiger partial charge in [-0.15, -0.1) is 0 Å². The maximum atomic E-state index is 11.9. The van der Waals surface area contributed by atoms with Gasteiger partial charge in [-0.05, 0) is 18.8 Å². The summed E-state index contributed by atoms with van der Waals surface area (Å²) >= 11 is 0. The number of carbonyl (C=O) groups is 1. The largest absolute Gasteiger partial charge is 0.394 e. The van der Waals surface area contributed by atoms with Crippen molar-refractivity contribution in [1.29, 1.82) is 0 Å². The van der Waals surface area contributed by atoms with Crippen molar-refractivity contribution in [2.24, 2.45) is 5.92 Å². The summed E-state index contributed by atoms with van der Waals surface area (Å²) in [7, 11) is -3.44. The average Bonchev–Trinajstić information content (AvgIpc) is 2.22. The van der Waals surface area contributed by atoms with E-state index in [2.05, 4.69) is 10.0 Å². The van der Waals surface area contributed by atoms with E-state index in [4.69, 9.17) is 5.11 Å². The molecule has 3 N–H and O–H groups in total. The highest BCUT2D eigenvalue weighted by molar-refractivity contribution is 7.88. The van der Waals surface area contributed by atoms with E-state index in [0.717, 1.165) is 6.26 Å². The zero-order chi connectivity index (χ0) is 14.3. The lowest BCUT2D eigenvalue weighted by Crippen LogP contribution is -2.50. The van der Waals surface area contributed by atoms with Crippen LogP contribution in [0.2, 0.25) is 0 Å². The van der Waals surface area contributed by atoms with Gasteiger partial charge in [0.2, 0.25) is 15.9 Å². The number of aliphatic hydroxyl groups excluding tert-OH is 1. The Morgan fingerprint density at radius 2 is 1.89 bits per heavy atom. The van der Waals surface area contributed by atoms with E-state index in [-0.39, 0.29) is 18.6 Å². The molecule has 108 valence electrons. The van der Waals surface area contributed by atoms with Crippen molar-refractivity contribution in [2.75, 3.05) is 12.9 Å². The molecule has 2 atom stereocenters. The fourth-order valence-electron chi connectivity index (χ4n) is 1.52. The van der Waals surface area contributed by atoms with Gasteiger partial charge < -0.3 is 10.4 Å². The van der Waals surface area contributed by atoms with Crippen LogP contribution in [0.5, 0.6) is 0 Å². The molecule has 0 rings (SSSR count). The summed E-state index contributed by atoms with van der Waals surface area (Å²) in [4.78, 5) is 11.9. The molecule has 0 aliphatic carbocycles. The molecular formula is C11H24N2O4S. The van der Waals surface area contributed by atoms with Crippen molar-refractivity contribution in [1.82, 2.24) is 10.0 Å². The summed E-state index contributed by atoms with van der Waals surface area (Å²) in [6.07, 6.45) is 2.03. The Labute approximate surface area is 109 Å². The second-order valence-corrected chi connectivity index (χ2v) is 6.65. The summed E-state index contributed by atoms with van der Waals surface area (Å²) in [6, 6.07) is -1.13. The summed E-state index contributed by atoms with van der Waals surface area (Å²) < 4.78 is 24.7. The van der Waals surface area contributed by atoms with Gasteiger partial charge in [0.05, 0.1) is 18.9 Å². The quantitative estimate of drug-likeness (QED) is 0.575. The van der Waals surface area contributed by atoms with Gasteiger partial charge in [0.25, 0.3) is 0 Å². The molecular weight excluding hydrogens is 256 g/mol. The van der Waals surface area contributed by atoms with Crippen LogP contribution in [0, 0.1) is 5.92 Å². The van der Waals surface area contributed by atoms with Crippen molar-refractivity contribution in [3.05, 3.63) is 0 Å². The number of nitrogens with one attached hydrogen (secondary N) is 2. The van der Waals surface area contributed by atoms with Crippen molar-refractivity contribution >= 4 is 15.9 Å². The molecule has 0 saturated carbocycles. The number of rotatable bonds is 8. The Morgan fingerprint density at radius 1 is 1.33 bits per heavy atom. The molecule has 0 saturated heterocycles. The topological polar surface area (TPSA) is 95.5 Å². The number of amides is 1. The smallest absolute Gasteiger partial charge is 0.238 e. The molecule has 6 nitrogen and oxygen atoms in total. The molecule has 1 amide bonds. The Hall–Kier alpha value is -0.660. The molecule has 0 aliphatic heterocycles. The van der Waals surface area contributed by atoms with Crippen LogP contribution in [0.3, 0.4) is 0 Å². The molecule has 0 fully saturated rings. The molecule has 7 heteroatoms. The SMILES string of the molecule is CC[C@@H](CO)NC(=O)C(CC(C)C)NS(C)(=O)=O. The maximum Gasteiger partial charge on any atom is 0.238 e. The highest BCUT2D eigenvalue weighted by Gasteiger charge is 2.24. The first-order valence-electron chi connectivity index (χ1n) is 6.08. The van der Waals surface area contributed by atoms with Crippen LogP contribution in [-0.2, 0) is 14.8 Å². The Morgan fingerprint density at radius 3 is 2.22 bits per heavy atom. The number of aliphatic hydroxyl groups is 1. The minimum atomic E-state index is -3.44. The third-order valence-corrected chi connectivity index (χ3v) is 3.15. The number of sulfonamides is 1. The van der Waals surface area contributed by atoms with Gasteiger partial charge in [0, 0.05) is 0 Å². The summed E-state index contributed by atoms with van der Waals surface area (Å²) in [5.41, 5.74) is 0. The predicted octanol–water partition coefficient (Wildman–Crippen LogP) is -0.163. The Bertz CT molecular complexity index is 350. The standard InChI is InChI=1S/C11H24N2O4S/c1-5-9(7-14)12-11(15)10(6-8(2)3)13-18(4,16)17/h8-10,13-14H,5-7H2,1-4H3,(H,12,15)/t9-,10?/m0/s1. The third kappa shape index (κ3) is 7.62. The van der Waals surface area contributed by atoms with Gasteiger partial charge >= 0.3 is 0 Å². The van der Waals surface area contributed by atoms with E-state index in [0.29, 0.717) is 12.8 Å². The summed E-state index contributed by atoms with van der Waals surface area (Å²) in [6.45, 7) is 5.50. The minimum Gasteiger partial charge on any atom is -0.394 e. The van der Waals surface area contributed by atoms with E-state index >= 15 is 0 Å². The van der Waals surface area contributed by atoms with Gasteiger partial charge in [0.1, 0.15) is 6.04 Å². The van der Waals surface area contributed by atoms with Gasteiger partial charge in [-0.3, -0.25) is 4.79 Å². The monoisotopic (exact) mass is 280 g/mol. The Balaban J connectivity index is 4.69. The normalized spacial score (nSPS) is 15.4. The number of hydrogen-bond acceptors (Lipinski definition) is 4. The molecule has 0 aromatic heterocycles. The van der Waals surface area contributed by atoms with Crippen LogP contribution in [0.25, 0.3) is 0 Å². The van der Waals surface area contributed by atoms with Crippen molar-refractivity contribution < 1.29 is 18.3 Å². The third-order valence-electron chi connectivity index (χ3n) is 2.44. The molecule has 1 unspecified atom stereocenters. The van der Waals surface area contributed by atoms with Crippen LogP contribution in [0.15, 0.2) is 0 Å².